The highest BCUT2D eigenvalue weighted by Crippen LogP contribution is 2.61. The second kappa shape index (κ2) is 4.82. The van der Waals surface area contributed by atoms with Gasteiger partial charge in [-0.05, 0) is 17.9 Å². The van der Waals surface area contributed by atoms with Crippen molar-refractivity contribution in [2.75, 3.05) is 0 Å². The van der Waals surface area contributed by atoms with Crippen LogP contribution in [-0.4, -0.2) is 33.7 Å². The van der Waals surface area contributed by atoms with Gasteiger partial charge in [-0.2, -0.15) is 0 Å². The molecule has 0 amide bonds. The molecule has 0 radical (unpaired) electrons. The lowest BCUT2D eigenvalue weighted by Crippen LogP contribution is -2.51. The lowest BCUT2D eigenvalue weighted by molar-refractivity contribution is -0.145. The Kier molecular flexibility index (Phi) is 3.22. The molecule has 3 rings (SSSR count). The number of rotatable bonds is 5. The van der Waals surface area contributed by atoms with E-state index < -0.39 is 29.3 Å². The molecule has 0 saturated heterocycles. The molecule has 2 fully saturated rings. The van der Waals surface area contributed by atoms with Crippen LogP contribution in [0.2, 0.25) is 0 Å². The molecule has 0 heterocycles. The molecule has 2 aliphatic rings. The molecule has 112 valence electrons. The summed E-state index contributed by atoms with van der Waals surface area (Å²) >= 11 is 0. The fourth-order valence-electron chi connectivity index (χ4n) is 3.74. The summed E-state index contributed by atoms with van der Waals surface area (Å²) in [7, 11) is 0. The maximum atomic E-state index is 11.4. The summed E-state index contributed by atoms with van der Waals surface area (Å²) < 4.78 is 0. The summed E-state index contributed by atoms with van der Waals surface area (Å²) in [5, 5.41) is 21.8. The summed E-state index contributed by atoms with van der Waals surface area (Å²) in [5.74, 6) is -3.36. The van der Waals surface area contributed by atoms with Crippen molar-refractivity contribution in [3.63, 3.8) is 0 Å². The van der Waals surface area contributed by atoms with Crippen LogP contribution in [0.25, 0.3) is 0 Å². The minimum absolute atomic E-state index is 0.169. The SMILES string of the molecule is N[C@]1(C(=O)O)C[C@@H](NCc2ccccc2)[C@@H]2[C@@H](C(=O)O)[C@H]21. The second-order valence-corrected chi connectivity index (χ2v) is 5.99. The highest BCUT2D eigenvalue weighted by molar-refractivity contribution is 5.85. The maximum Gasteiger partial charge on any atom is 0.324 e. The minimum atomic E-state index is -1.43. The molecule has 6 nitrogen and oxygen atoms in total. The first kappa shape index (κ1) is 14.0. The van der Waals surface area contributed by atoms with Gasteiger partial charge in [-0.3, -0.25) is 9.59 Å². The number of hydrogen-bond acceptors (Lipinski definition) is 4. The third-order valence-electron chi connectivity index (χ3n) is 4.79. The Morgan fingerprint density at radius 1 is 1.29 bits per heavy atom. The van der Waals surface area contributed by atoms with Crippen LogP contribution in [0.5, 0.6) is 0 Å². The first-order valence-electron chi connectivity index (χ1n) is 6.97. The van der Waals surface area contributed by atoms with Gasteiger partial charge < -0.3 is 21.3 Å². The van der Waals surface area contributed by atoms with E-state index in [2.05, 4.69) is 5.32 Å². The van der Waals surface area contributed by atoms with E-state index in [0.717, 1.165) is 5.56 Å². The molecule has 5 atom stereocenters. The van der Waals surface area contributed by atoms with Crippen molar-refractivity contribution < 1.29 is 19.8 Å². The largest absolute Gasteiger partial charge is 0.481 e. The maximum absolute atomic E-state index is 11.4. The predicted octanol–water partition coefficient (Wildman–Crippen LogP) is 0.277. The number of carbonyl (C=O) groups is 2. The molecule has 0 aliphatic heterocycles. The average Bonchev–Trinajstić information content (AvgIpc) is 3.14. The fraction of sp³-hybridized carbons (Fsp3) is 0.467. The van der Waals surface area contributed by atoms with E-state index >= 15 is 0 Å². The Balaban J connectivity index is 1.72. The van der Waals surface area contributed by atoms with E-state index in [1.54, 1.807) is 0 Å². The summed E-state index contributed by atoms with van der Waals surface area (Å²) in [5.41, 5.74) is 5.62. The zero-order valence-corrected chi connectivity index (χ0v) is 11.4. The fourth-order valence-corrected chi connectivity index (χ4v) is 3.74. The number of carboxylic acid groups (broad SMARTS) is 2. The molecule has 0 unspecified atom stereocenters. The molecule has 0 spiro atoms. The molecule has 1 aromatic rings. The van der Waals surface area contributed by atoms with Crippen molar-refractivity contribution in [2.24, 2.45) is 23.5 Å². The molecule has 2 saturated carbocycles. The van der Waals surface area contributed by atoms with Crippen LogP contribution in [0.3, 0.4) is 0 Å². The van der Waals surface area contributed by atoms with Gasteiger partial charge in [0, 0.05) is 18.5 Å². The normalized spacial score (nSPS) is 37.0. The number of carboxylic acids is 2. The van der Waals surface area contributed by atoms with Gasteiger partial charge in [-0.1, -0.05) is 30.3 Å². The number of hydrogen-bond donors (Lipinski definition) is 4. The first-order chi connectivity index (χ1) is 9.95. The van der Waals surface area contributed by atoms with Gasteiger partial charge in [-0.25, -0.2) is 0 Å². The topological polar surface area (TPSA) is 113 Å². The first-order valence-corrected chi connectivity index (χ1v) is 6.97. The molecule has 1 aromatic carbocycles. The van der Waals surface area contributed by atoms with Gasteiger partial charge >= 0.3 is 11.9 Å². The van der Waals surface area contributed by atoms with Gasteiger partial charge in [0.05, 0.1) is 5.92 Å². The minimum Gasteiger partial charge on any atom is -0.481 e. The molecular formula is C15H18N2O4. The van der Waals surface area contributed by atoms with E-state index in [0.29, 0.717) is 6.54 Å². The number of benzene rings is 1. The highest BCUT2D eigenvalue weighted by Gasteiger charge is 2.73. The average molecular weight is 290 g/mol. The Morgan fingerprint density at radius 2 is 1.95 bits per heavy atom. The van der Waals surface area contributed by atoms with Crippen LogP contribution in [0.1, 0.15) is 12.0 Å². The van der Waals surface area contributed by atoms with Gasteiger partial charge in [0.15, 0.2) is 0 Å². The smallest absolute Gasteiger partial charge is 0.324 e. The Hall–Kier alpha value is -1.92. The summed E-state index contributed by atoms with van der Waals surface area (Å²) in [6.45, 7) is 0.580. The third-order valence-corrected chi connectivity index (χ3v) is 4.79. The van der Waals surface area contributed by atoms with E-state index in [9.17, 15) is 19.8 Å². The molecule has 21 heavy (non-hydrogen) atoms. The molecular weight excluding hydrogens is 272 g/mol. The molecule has 6 heteroatoms. The lowest BCUT2D eigenvalue weighted by Gasteiger charge is -2.25. The number of aliphatic carboxylic acids is 2. The Bertz CT molecular complexity index is 576. The van der Waals surface area contributed by atoms with Crippen molar-refractivity contribution in [2.45, 2.75) is 24.5 Å². The summed E-state index contributed by atoms with van der Waals surface area (Å²) in [6, 6.07) is 9.54. The van der Waals surface area contributed by atoms with Crippen LogP contribution in [-0.2, 0) is 16.1 Å². The zero-order valence-electron chi connectivity index (χ0n) is 11.4. The standard InChI is InChI=1S/C15H18N2O4/c16-15(14(20)21)6-9(10-11(12(10)15)13(18)19)17-7-8-4-2-1-3-5-8/h1-5,9-12,17H,6-7,16H2,(H,18,19)(H,20,21)/t9-,10-,11-,12+,15-/m1/s1. The van der Waals surface area contributed by atoms with Crippen molar-refractivity contribution >= 4 is 11.9 Å². The van der Waals surface area contributed by atoms with Crippen molar-refractivity contribution in [3.8, 4) is 0 Å². The summed E-state index contributed by atoms with van der Waals surface area (Å²) in [6.07, 6.45) is 0.272. The lowest BCUT2D eigenvalue weighted by atomic mass is 9.90. The van der Waals surface area contributed by atoms with Gasteiger partial charge in [0.2, 0.25) is 0 Å². The molecule has 0 bridgehead atoms. The quantitative estimate of drug-likeness (QED) is 0.619. The number of fused-ring (bicyclic) bond motifs is 1. The Labute approximate surface area is 122 Å². The number of nitrogens with one attached hydrogen (secondary N) is 1. The van der Waals surface area contributed by atoms with E-state index in [1.807, 2.05) is 30.3 Å². The molecule has 2 aliphatic carbocycles. The van der Waals surface area contributed by atoms with Crippen molar-refractivity contribution in [1.29, 1.82) is 0 Å². The van der Waals surface area contributed by atoms with Crippen LogP contribution in [0.4, 0.5) is 0 Å². The van der Waals surface area contributed by atoms with Gasteiger partial charge in [0.25, 0.3) is 0 Å². The van der Waals surface area contributed by atoms with Crippen LogP contribution in [0.15, 0.2) is 30.3 Å². The van der Waals surface area contributed by atoms with Gasteiger partial charge in [-0.15, -0.1) is 0 Å². The zero-order chi connectivity index (χ0) is 15.2. The van der Waals surface area contributed by atoms with E-state index in [1.165, 1.54) is 0 Å². The van der Waals surface area contributed by atoms with E-state index in [-0.39, 0.29) is 18.4 Å². The summed E-state index contributed by atoms with van der Waals surface area (Å²) in [4.78, 5) is 22.6. The second-order valence-electron chi connectivity index (χ2n) is 5.99. The highest BCUT2D eigenvalue weighted by atomic mass is 16.4. The van der Waals surface area contributed by atoms with Crippen molar-refractivity contribution in [1.82, 2.24) is 5.32 Å². The van der Waals surface area contributed by atoms with E-state index in [4.69, 9.17) is 5.73 Å². The third kappa shape index (κ3) is 2.20. The van der Waals surface area contributed by atoms with Crippen molar-refractivity contribution in [3.05, 3.63) is 35.9 Å². The van der Waals surface area contributed by atoms with Gasteiger partial charge in [0.1, 0.15) is 5.54 Å². The predicted molar refractivity (Wildman–Crippen MR) is 74.3 cm³/mol. The van der Waals surface area contributed by atoms with Crippen LogP contribution >= 0.6 is 0 Å². The molecule has 0 aromatic heterocycles. The number of nitrogens with two attached hydrogens (primary N) is 1. The van der Waals surface area contributed by atoms with Crippen LogP contribution < -0.4 is 11.1 Å². The molecule has 5 N–H and O–H groups in total. The monoisotopic (exact) mass is 290 g/mol. The Morgan fingerprint density at radius 3 is 2.52 bits per heavy atom. The van der Waals surface area contributed by atoms with Crippen LogP contribution in [0, 0.1) is 17.8 Å².